The normalized spacial score (nSPS) is 11.5. The highest BCUT2D eigenvalue weighted by Crippen LogP contribution is 2.02. The molecule has 11 heavy (non-hydrogen) atoms. The molecule has 0 heterocycles. The molecule has 0 saturated carbocycles. The first-order chi connectivity index (χ1) is 5.07. The number of rotatable bonds is 4. The van der Waals surface area contributed by atoms with Crippen molar-refractivity contribution >= 4 is 23.2 Å². The van der Waals surface area contributed by atoms with E-state index in [4.69, 9.17) is 0 Å². The Morgan fingerprint density at radius 3 is 2.73 bits per heavy atom. The van der Waals surface area contributed by atoms with Gasteiger partial charge in [-0.05, 0) is 31.6 Å². The summed E-state index contributed by atoms with van der Waals surface area (Å²) in [6.07, 6.45) is 0.374. The van der Waals surface area contributed by atoms with Gasteiger partial charge in [0, 0.05) is 6.42 Å². The van der Waals surface area contributed by atoms with Crippen LogP contribution in [0.5, 0.6) is 0 Å². The smallest absolute Gasteiger partial charge is 0.160 e. The van der Waals surface area contributed by atoms with Gasteiger partial charge >= 0.3 is 0 Å². The molecule has 0 aromatic rings. The Morgan fingerprint density at radius 1 is 1.82 bits per heavy atom. The van der Waals surface area contributed by atoms with Crippen molar-refractivity contribution in [2.24, 2.45) is 4.99 Å². The SMILES string of the molecule is C=C(C)C(=O)CC(C)N=C=S. The molecule has 0 aromatic carbocycles. The summed E-state index contributed by atoms with van der Waals surface area (Å²) >= 11 is 4.40. The van der Waals surface area contributed by atoms with Crippen LogP contribution in [0.25, 0.3) is 0 Å². The molecule has 2 nitrogen and oxygen atoms in total. The maximum absolute atomic E-state index is 11.0. The topological polar surface area (TPSA) is 29.4 Å². The second-order valence-electron chi connectivity index (χ2n) is 2.48. The van der Waals surface area contributed by atoms with E-state index in [2.05, 4.69) is 29.0 Å². The lowest BCUT2D eigenvalue weighted by molar-refractivity contribution is -0.115. The third-order valence-electron chi connectivity index (χ3n) is 1.23. The molecule has 0 radical (unpaired) electrons. The molecule has 1 atom stereocenters. The number of aliphatic imine (C=N–C) groups is 1. The standard InChI is InChI=1S/C8H11NOS/c1-6(2)8(10)4-7(3)9-5-11/h7H,1,4H2,2-3H3. The molecule has 0 fully saturated rings. The Kier molecular flexibility index (Phi) is 4.59. The number of carbonyl (C=O) groups is 1. The van der Waals surface area contributed by atoms with Gasteiger partial charge in [-0.15, -0.1) is 0 Å². The summed E-state index contributed by atoms with van der Waals surface area (Å²) in [5, 5.41) is 2.24. The van der Waals surface area contributed by atoms with E-state index in [-0.39, 0.29) is 11.8 Å². The van der Waals surface area contributed by atoms with E-state index in [0.717, 1.165) is 0 Å². The Morgan fingerprint density at radius 2 is 2.36 bits per heavy atom. The summed E-state index contributed by atoms with van der Waals surface area (Å²) in [4.78, 5) is 14.8. The van der Waals surface area contributed by atoms with Gasteiger partial charge < -0.3 is 0 Å². The number of nitrogens with zero attached hydrogens (tertiary/aromatic N) is 1. The average molecular weight is 169 g/mol. The van der Waals surface area contributed by atoms with Crippen LogP contribution < -0.4 is 0 Å². The first kappa shape index (κ1) is 10.2. The Balaban J connectivity index is 3.94. The van der Waals surface area contributed by atoms with Crippen molar-refractivity contribution in [2.45, 2.75) is 26.3 Å². The second-order valence-corrected chi connectivity index (χ2v) is 2.66. The fourth-order valence-electron chi connectivity index (χ4n) is 0.578. The van der Waals surface area contributed by atoms with Crippen molar-refractivity contribution in [1.82, 2.24) is 0 Å². The van der Waals surface area contributed by atoms with E-state index in [1.807, 2.05) is 6.92 Å². The lowest BCUT2D eigenvalue weighted by Gasteiger charge is -2.01. The molecule has 0 saturated heterocycles. The Bertz CT molecular complexity index is 216. The molecule has 0 aromatic heterocycles. The largest absolute Gasteiger partial charge is 0.295 e. The molecule has 60 valence electrons. The first-order valence-corrected chi connectivity index (χ1v) is 3.74. The summed E-state index contributed by atoms with van der Waals surface area (Å²) in [6.45, 7) is 7.04. The maximum atomic E-state index is 11.0. The molecule has 0 aliphatic carbocycles. The van der Waals surface area contributed by atoms with E-state index in [0.29, 0.717) is 12.0 Å². The van der Waals surface area contributed by atoms with E-state index >= 15 is 0 Å². The molecule has 0 spiro atoms. The number of carbonyl (C=O) groups excluding carboxylic acids is 1. The molecule has 0 amide bonds. The fourth-order valence-corrected chi connectivity index (χ4v) is 0.758. The summed E-state index contributed by atoms with van der Waals surface area (Å²) < 4.78 is 0. The van der Waals surface area contributed by atoms with Gasteiger partial charge in [0.15, 0.2) is 5.78 Å². The first-order valence-electron chi connectivity index (χ1n) is 3.33. The van der Waals surface area contributed by atoms with Gasteiger partial charge in [0.2, 0.25) is 0 Å². The maximum Gasteiger partial charge on any atom is 0.160 e. The lowest BCUT2D eigenvalue weighted by Crippen LogP contribution is -2.07. The van der Waals surface area contributed by atoms with Crippen LogP contribution in [0.3, 0.4) is 0 Å². The van der Waals surface area contributed by atoms with Crippen LogP contribution in [0.4, 0.5) is 0 Å². The summed E-state index contributed by atoms with van der Waals surface area (Å²) in [6, 6.07) is -0.0725. The molecule has 0 N–H and O–H groups in total. The number of hydrogen-bond donors (Lipinski definition) is 0. The van der Waals surface area contributed by atoms with Crippen molar-refractivity contribution in [3.05, 3.63) is 12.2 Å². The lowest BCUT2D eigenvalue weighted by atomic mass is 10.1. The number of isothiocyanates is 1. The van der Waals surface area contributed by atoms with Gasteiger partial charge in [-0.2, -0.15) is 0 Å². The number of thiocarbonyl (C=S) groups is 1. The minimum absolute atomic E-state index is 0.0338. The van der Waals surface area contributed by atoms with Crippen molar-refractivity contribution in [3.63, 3.8) is 0 Å². The van der Waals surface area contributed by atoms with Crippen LogP contribution in [-0.2, 0) is 4.79 Å². The zero-order valence-corrected chi connectivity index (χ0v) is 7.57. The quantitative estimate of drug-likeness (QED) is 0.366. The Hall–Kier alpha value is -0.790. The number of allylic oxidation sites excluding steroid dienone is 1. The Labute approximate surface area is 72.0 Å². The van der Waals surface area contributed by atoms with Crippen molar-refractivity contribution in [2.75, 3.05) is 0 Å². The van der Waals surface area contributed by atoms with Crippen LogP contribution in [0.15, 0.2) is 17.1 Å². The van der Waals surface area contributed by atoms with Gasteiger partial charge in [-0.3, -0.25) is 4.79 Å². The van der Waals surface area contributed by atoms with Crippen molar-refractivity contribution < 1.29 is 4.79 Å². The summed E-state index contributed by atoms with van der Waals surface area (Å²) in [7, 11) is 0. The van der Waals surface area contributed by atoms with Crippen LogP contribution in [-0.4, -0.2) is 17.0 Å². The monoisotopic (exact) mass is 169 g/mol. The number of ketones is 1. The predicted octanol–water partition coefficient (Wildman–Crippen LogP) is 2.01. The van der Waals surface area contributed by atoms with Gasteiger partial charge in [0.05, 0.1) is 11.2 Å². The van der Waals surface area contributed by atoms with Gasteiger partial charge in [-0.25, -0.2) is 4.99 Å². The second kappa shape index (κ2) is 4.94. The zero-order valence-electron chi connectivity index (χ0n) is 6.76. The van der Waals surface area contributed by atoms with E-state index in [9.17, 15) is 4.79 Å². The molecule has 1 unspecified atom stereocenters. The van der Waals surface area contributed by atoms with Crippen molar-refractivity contribution in [3.8, 4) is 0 Å². The van der Waals surface area contributed by atoms with Crippen LogP contribution >= 0.6 is 12.2 Å². The van der Waals surface area contributed by atoms with Crippen molar-refractivity contribution in [1.29, 1.82) is 0 Å². The van der Waals surface area contributed by atoms with Crippen LogP contribution in [0, 0.1) is 0 Å². The minimum atomic E-state index is -0.0725. The minimum Gasteiger partial charge on any atom is -0.295 e. The molecule has 0 aliphatic heterocycles. The molecule has 0 aliphatic rings. The highest BCUT2D eigenvalue weighted by molar-refractivity contribution is 7.78. The summed E-state index contributed by atoms with van der Waals surface area (Å²) in [5.74, 6) is 0.0338. The third kappa shape index (κ3) is 4.59. The van der Waals surface area contributed by atoms with Gasteiger partial charge in [-0.1, -0.05) is 6.58 Å². The zero-order chi connectivity index (χ0) is 8.85. The highest BCUT2D eigenvalue weighted by Gasteiger charge is 2.06. The molecular formula is C8H11NOS. The molecule has 0 bridgehead atoms. The molecule has 0 rings (SSSR count). The average Bonchev–Trinajstić information content (AvgIpc) is 1.87. The third-order valence-corrected chi connectivity index (χ3v) is 1.34. The molecule has 3 heteroatoms. The fraction of sp³-hybridized carbons (Fsp3) is 0.500. The summed E-state index contributed by atoms with van der Waals surface area (Å²) in [5.41, 5.74) is 0.566. The molecular weight excluding hydrogens is 158 g/mol. The van der Waals surface area contributed by atoms with Gasteiger partial charge in [0.1, 0.15) is 0 Å². The van der Waals surface area contributed by atoms with E-state index in [1.165, 1.54) is 0 Å². The van der Waals surface area contributed by atoms with Crippen LogP contribution in [0.2, 0.25) is 0 Å². The van der Waals surface area contributed by atoms with Crippen LogP contribution in [0.1, 0.15) is 20.3 Å². The highest BCUT2D eigenvalue weighted by atomic mass is 32.1. The van der Waals surface area contributed by atoms with E-state index < -0.39 is 0 Å². The number of Topliss-reactive ketones (excluding diaryl/α,β-unsaturated/α-hetero) is 1. The van der Waals surface area contributed by atoms with Gasteiger partial charge in [0.25, 0.3) is 0 Å². The van der Waals surface area contributed by atoms with E-state index in [1.54, 1.807) is 6.92 Å². The predicted molar refractivity (Wildman–Crippen MR) is 48.9 cm³/mol. The number of hydrogen-bond acceptors (Lipinski definition) is 3.